The third kappa shape index (κ3) is 4.82. The second-order valence-corrected chi connectivity index (χ2v) is 4.69. The van der Waals surface area contributed by atoms with Crippen LogP contribution in [-0.2, 0) is 0 Å². The number of likely N-dealkylation sites (N-methyl/N-ethyl adjacent to an activating group) is 1. The lowest BCUT2D eigenvalue weighted by atomic mass is 10.3. The molecule has 5 heteroatoms. The number of guanidine groups is 1. The molecule has 0 atom stereocenters. The van der Waals surface area contributed by atoms with Crippen molar-refractivity contribution in [2.45, 2.75) is 20.8 Å². The Kier molecular flexibility index (Phi) is 7.05. The lowest BCUT2D eigenvalue weighted by Crippen LogP contribution is -2.47. The highest BCUT2D eigenvalue weighted by atomic mass is 15.3. The maximum absolute atomic E-state index is 5.95. The van der Waals surface area contributed by atoms with Crippen LogP contribution >= 0.6 is 0 Å². The summed E-state index contributed by atoms with van der Waals surface area (Å²) in [5.41, 5.74) is 5.95. The number of hydrogen-bond donors (Lipinski definition) is 1. The van der Waals surface area contributed by atoms with E-state index in [0.717, 1.165) is 39.3 Å². The topological polar surface area (TPSA) is 48.1 Å². The normalized spacial score (nSPS) is 19.2. The maximum Gasteiger partial charge on any atom is 0.191 e. The second-order valence-electron chi connectivity index (χ2n) is 4.69. The van der Waals surface area contributed by atoms with Gasteiger partial charge in [-0.3, -0.25) is 9.89 Å². The minimum absolute atomic E-state index is 0.687. The summed E-state index contributed by atoms with van der Waals surface area (Å²) in [7, 11) is 0. The van der Waals surface area contributed by atoms with Crippen LogP contribution in [0.2, 0.25) is 0 Å². The summed E-state index contributed by atoms with van der Waals surface area (Å²) >= 11 is 0. The van der Waals surface area contributed by atoms with Crippen molar-refractivity contribution in [3.05, 3.63) is 0 Å². The fraction of sp³-hybridized carbons (Fsp3) is 0.923. The molecule has 0 amide bonds. The van der Waals surface area contributed by atoms with Gasteiger partial charge in [0, 0.05) is 45.8 Å². The molecule has 0 aromatic rings. The van der Waals surface area contributed by atoms with Gasteiger partial charge < -0.3 is 15.5 Å². The van der Waals surface area contributed by atoms with Gasteiger partial charge >= 0.3 is 0 Å². The number of nitrogens with zero attached hydrogens (tertiary/aromatic N) is 4. The van der Waals surface area contributed by atoms with Crippen molar-refractivity contribution < 1.29 is 0 Å². The van der Waals surface area contributed by atoms with Crippen molar-refractivity contribution in [2.24, 2.45) is 10.7 Å². The van der Waals surface area contributed by atoms with Gasteiger partial charge in [-0.25, -0.2) is 0 Å². The Morgan fingerprint density at radius 2 is 1.61 bits per heavy atom. The van der Waals surface area contributed by atoms with E-state index in [2.05, 4.69) is 40.5 Å². The average molecular weight is 255 g/mol. The van der Waals surface area contributed by atoms with Gasteiger partial charge in [0.2, 0.25) is 0 Å². The SMILES string of the molecule is CCN1CCN(CCN=C(N)N(CC)CC)CC1. The van der Waals surface area contributed by atoms with Gasteiger partial charge in [-0.15, -0.1) is 0 Å². The molecule has 0 bridgehead atoms. The van der Waals surface area contributed by atoms with Gasteiger partial charge in [0.1, 0.15) is 0 Å². The molecular formula is C13H29N5. The molecule has 0 radical (unpaired) electrons. The van der Waals surface area contributed by atoms with Crippen molar-refractivity contribution in [1.29, 1.82) is 0 Å². The summed E-state index contributed by atoms with van der Waals surface area (Å²) in [6.45, 7) is 16.0. The Morgan fingerprint density at radius 3 is 2.11 bits per heavy atom. The van der Waals surface area contributed by atoms with E-state index in [-0.39, 0.29) is 0 Å². The average Bonchev–Trinajstić information content (AvgIpc) is 2.41. The van der Waals surface area contributed by atoms with Crippen LogP contribution in [0.4, 0.5) is 0 Å². The van der Waals surface area contributed by atoms with Crippen LogP contribution in [0, 0.1) is 0 Å². The molecule has 0 aliphatic carbocycles. The molecule has 1 fully saturated rings. The van der Waals surface area contributed by atoms with Gasteiger partial charge in [-0.1, -0.05) is 6.92 Å². The molecule has 1 aliphatic rings. The zero-order chi connectivity index (χ0) is 13.4. The summed E-state index contributed by atoms with van der Waals surface area (Å²) in [6.07, 6.45) is 0. The Labute approximate surface area is 112 Å². The predicted molar refractivity (Wildman–Crippen MR) is 78.0 cm³/mol. The van der Waals surface area contributed by atoms with Gasteiger partial charge in [-0.2, -0.15) is 0 Å². The molecular weight excluding hydrogens is 226 g/mol. The highest BCUT2D eigenvalue weighted by molar-refractivity contribution is 5.77. The van der Waals surface area contributed by atoms with Crippen LogP contribution in [0.3, 0.4) is 0 Å². The number of aliphatic imine (C=N–C) groups is 1. The van der Waals surface area contributed by atoms with Crippen LogP contribution in [-0.4, -0.2) is 79.6 Å². The first kappa shape index (κ1) is 15.2. The molecule has 0 aromatic heterocycles. The van der Waals surface area contributed by atoms with Crippen LogP contribution in [0.15, 0.2) is 4.99 Å². The number of nitrogens with two attached hydrogens (primary N) is 1. The largest absolute Gasteiger partial charge is 0.370 e. The van der Waals surface area contributed by atoms with E-state index in [1.807, 2.05) is 0 Å². The number of rotatable bonds is 6. The van der Waals surface area contributed by atoms with Crippen molar-refractivity contribution >= 4 is 5.96 Å². The van der Waals surface area contributed by atoms with Gasteiger partial charge in [-0.05, 0) is 20.4 Å². The van der Waals surface area contributed by atoms with Crippen LogP contribution in [0.1, 0.15) is 20.8 Å². The standard InChI is InChI=1S/C13H29N5/c1-4-16-9-11-17(12-10-16)8-7-15-13(14)18(5-2)6-3/h4-12H2,1-3H3,(H2,14,15). The molecule has 18 heavy (non-hydrogen) atoms. The molecule has 106 valence electrons. The van der Waals surface area contributed by atoms with E-state index in [1.54, 1.807) is 0 Å². The summed E-state index contributed by atoms with van der Waals surface area (Å²) < 4.78 is 0. The lowest BCUT2D eigenvalue weighted by molar-refractivity contribution is 0.140. The Bertz CT molecular complexity index is 242. The highest BCUT2D eigenvalue weighted by Crippen LogP contribution is 2.00. The van der Waals surface area contributed by atoms with Crippen molar-refractivity contribution in [3.8, 4) is 0 Å². The van der Waals surface area contributed by atoms with E-state index in [0.29, 0.717) is 5.96 Å². The fourth-order valence-electron chi connectivity index (χ4n) is 2.28. The third-order valence-corrected chi connectivity index (χ3v) is 3.69. The molecule has 5 nitrogen and oxygen atoms in total. The van der Waals surface area contributed by atoms with Crippen molar-refractivity contribution in [3.63, 3.8) is 0 Å². The molecule has 1 heterocycles. The molecule has 1 rings (SSSR count). The van der Waals surface area contributed by atoms with Crippen LogP contribution < -0.4 is 5.73 Å². The first-order chi connectivity index (χ1) is 8.71. The Balaban J connectivity index is 2.23. The minimum Gasteiger partial charge on any atom is -0.370 e. The van der Waals surface area contributed by atoms with E-state index >= 15 is 0 Å². The van der Waals surface area contributed by atoms with Gasteiger partial charge in [0.05, 0.1) is 6.54 Å². The van der Waals surface area contributed by atoms with Gasteiger partial charge in [0.25, 0.3) is 0 Å². The zero-order valence-electron chi connectivity index (χ0n) is 12.2. The lowest BCUT2D eigenvalue weighted by Gasteiger charge is -2.33. The quantitative estimate of drug-likeness (QED) is 0.547. The van der Waals surface area contributed by atoms with E-state index in [4.69, 9.17) is 5.73 Å². The highest BCUT2D eigenvalue weighted by Gasteiger charge is 2.14. The van der Waals surface area contributed by atoms with Crippen LogP contribution in [0.5, 0.6) is 0 Å². The molecule has 0 aromatic carbocycles. The summed E-state index contributed by atoms with van der Waals surface area (Å²) in [4.78, 5) is 11.5. The number of piperazine rings is 1. The minimum atomic E-state index is 0.687. The second kappa shape index (κ2) is 8.32. The number of hydrogen-bond acceptors (Lipinski definition) is 3. The first-order valence-corrected chi connectivity index (χ1v) is 7.20. The van der Waals surface area contributed by atoms with Crippen LogP contribution in [0.25, 0.3) is 0 Å². The summed E-state index contributed by atoms with van der Waals surface area (Å²) in [5.74, 6) is 0.687. The molecule has 0 unspecified atom stereocenters. The maximum atomic E-state index is 5.95. The van der Waals surface area contributed by atoms with E-state index in [1.165, 1.54) is 19.6 Å². The molecule has 1 saturated heterocycles. The molecule has 2 N–H and O–H groups in total. The van der Waals surface area contributed by atoms with E-state index < -0.39 is 0 Å². The molecule has 0 saturated carbocycles. The first-order valence-electron chi connectivity index (χ1n) is 7.20. The summed E-state index contributed by atoms with van der Waals surface area (Å²) in [5, 5.41) is 0. The Hall–Kier alpha value is -0.810. The van der Waals surface area contributed by atoms with Crippen molar-refractivity contribution in [1.82, 2.24) is 14.7 Å². The smallest absolute Gasteiger partial charge is 0.191 e. The molecule has 0 spiro atoms. The summed E-state index contributed by atoms with van der Waals surface area (Å²) in [6, 6.07) is 0. The molecule has 1 aliphatic heterocycles. The third-order valence-electron chi connectivity index (χ3n) is 3.69. The predicted octanol–water partition coefficient (Wildman–Crippen LogP) is 0.280. The van der Waals surface area contributed by atoms with Gasteiger partial charge in [0.15, 0.2) is 5.96 Å². The Morgan fingerprint density at radius 1 is 1.06 bits per heavy atom. The van der Waals surface area contributed by atoms with E-state index in [9.17, 15) is 0 Å². The van der Waals surface area contributed by atoms with Crippen molar-refractivity contribution in [2.75, 3.05) is 58.9 Å². The zero-order valence-corrected chi connectivity index (χ0v) is 12.2. The fourth-order valence-corrected chi connectivity index (χ4v) is 2.28. The monoisotopic (exact) mass is 255 g/mol.